The summed E-state index contributed by atoms with van der Waals surface area (Å²) in [4.78, 5) is 12.4. The second-order valence-corrected chi connectivity index (χ2v) is 7.23. The van der Waals surface area contributed by atoms with E-state index < -0.39 is 0 Å². The summed E-state index contributed by atoms with van der Waals surface area (Å²) >= 11 is 0. The summed E-state index contributed by atoms with van der Waals surface area (Å²) in [6.45, 7) is 6.86. The van der Waals surface area contributed by atoms with Crippen LogP contribution in [0.25, 0.3) is 0 Å². The van der Waals surface area contributed by atoms with Crippen molar-refractivity contribution in [2.75, 3.05) is 49.2 Å². The van der Waals surface area contributed by atoms with E-state index in [9.17, 15) is 10.5 Å². The maximum absolute atomic E-state index is 9.48. The minimum atomic E-state index is -0.0741. The lowest BCUT2D eigenvalue weighted by Crippen LogP contribution is -2.25. The zero-order valence-electron chi connectivity index (χ0n) is 19.6. The van der Waals surface area contributed by atoms with Crippen LogP contribution in [0.5, 0.6) is 0 Å². The average molecular weight is 459 g/mol. The van der Waals surface area contributed by atoms with Gasteiger partial charge in [0.2, 0.25) is 0 Å². The van der Waals surface area contributed by atoms with E-state index in [0.717, 1.165) is 35.6 Å². The van der Waals surface area contributed by atoms with Crippen LogP contribution in [0.1, 0.15) is 25.0 Å². The van der Waals surface area contributed by atoms with E-state index in [0.29, 0.717) is 13.1 Å². The number of hydrogen-bond acceptors (Lipinski definition) is 8. The molecular weight excluding hydrogens is 428 g/mol. The first kappa shape index (κ1) is 26.3. The number of benzene rings is 2. The fourth-order valence-electron chi connectivity index (χ4n) is 3.29. The van der Waals surface area contributed by atoms with Crippen LogP contribution >= 0.6 is 0 Å². The first-order valence-electron chi connectivity index (χ1n) is 11.1. The molecule has 2 N–H and O–H groups in total. The zero-order valence-corrected chi connectivity index (χ0v) is 19.6. The van der Waals surface area contributed by atoms with Crippen LogP contribution in [0.2, 0.25) is 0 Å². The largest absolute Gasteiger partial charge is 0.395 e. The number of aliphatic hydroxyl groups is 2. The van der Waals surface area contributed by atoms with E-state index in [2.05, 4.69) is 9.98 Å². The topological polar surface area (TPSA) is 119 Å². The Hall–Kier alpha value is -3.98. The van der Waals surface area contributed by atoms with Crippen molar-refractivity contribution in [1.29, 1.82) is 10.5 Å². The van der Waals surface area contributed by atoms with Crippen molar-refractivity contribution < 1.29 is 10.2 Å². The standard InChI is InChI=1S/C26H30N6O2/c1-3-31(13-15-33)23-9-5-21(6-10-23)19-29-25(17-27)26(18-28)30-20-22-7-11-24(12-8-22)32(4-2)14-16-34/h5-12,19-20,33-34H,3-4,13-16H2,1-2H3. The molecule has 0 atom stereocenters. The summed E-state index contributed by atoms with van der Waals surface area (Å²) < 4.78 is 0. The van der Waals surface area contributed by atoms with Crippen LogP contribution in [0.3, 0.4) is 0 Å². The Morgan fingerprint density at radius 1 is 0.735 bits per heavy atom. The van der Waals surface area contributed by atoms with Crippen LogP contribution in [0.4, 0.5) is 11.4 Å². The molecule has 0 aliphatic rings. The van der Waals surface area contributed by atoms with Crippen molar-refractivity contribution in [3.63, 3.8) is 0 Å². The van der Waals surface area contributed by atoms with Crippen molar-refractivity contribution in [2.24, 2.45) is 9.98 Å². The minimum absolute atomic E-state index is 0.0741. The van der Waals surface area contributed by atoms with Gasteiger partial charge in [-0.25, -0.2) is 9.98 Å². The quantitative estimate of drug-likeness (QED) is 0.373. The van der Waals surface area contributed by atoms with Gasteiger partial charge >= 0.3 is 0 Å². The number of rotatable bonds is 12. The summed E-state index contributed by atoms with van der Waals surface area (Å²) in [6, 6.07) is 19.0. The number of anilines is 2. The van der Waals surface area contributed by atoms with Gasteiger partial charge in [0.25, 0.3) is 0 Å². The zero-order chi connectivity index (χ0) is 24.8. The minimum Gasteiger partial charge on any atom is -0.395 e. The molecule has 176 valence electrons. The molecule has 0 saturated carbocycles. The third kappa shape index (κ3) is 7.56. The monoisotopic (exact) mass is 458 g/mol. The van der Waals surface area contributed by atoms with Crippen LogP contribution in [-0.2, 0) is 0 Å². The number of nitrogens with zero attached hydrogens (tertiary/aromatic N) is 6. The van der Waals surface area contributed by atoms with Crippen molar-refractivity contribution >= 4 is 23.8 Å². The van der Waals surface area contributed by atoms with E-state index in [1.165, 1.54) is 12.4 Å². The van der Waals surface area contributed by atoms with Gasteiger partial charge in [-0.15, -0.1) is 0 Å². The lowest BCUT2D eigenvalue weighted by Gasteiger charge is -2.21. The summed E-state index contributed by atoms with van der Waals surface area (Å²) in [6.07, 6.45) is 3.04. The molecule has 0 saturated heterocycles. The molecule has 2 rings (SSSR count). The Morgan fingerprint density at radius 3 is 1.35 bits per heavy atom. The van der Waals surface area contributed by atoms with Gasteiger partial charge in [-0.3, -0.25) is 0 Å². The Labute approximate surface area is 201 Å². The summed E-state index contributed by atoms with van der Waals surface area (Å²) in [5.41, 5.74) is 3.37. The van der Waals surface area contributed by atoms with E-state index >= 15 is 0 Å². The SMILES string of the molecule is CCN(CCO)c1ccc(C=NC(C#N)=C(C#N)N=Cc2ccc(N(CC)CCO)cc2)cc1. The molecule has 0 unspecified atom stereocenters. The van der Waals surface area contributed by atoms with E-state index in [4.69, 9.17) is 10.2 Å². The van der Waals surface area contributed by atoms with Gasteiger partial charge in [0.05, 0.1) is 13.2 Å². The van der Waals surface area contributed by atoms with E-state index in [1.54, 1.807) is 0 Å². The molecular formula is C26H30N6O2. The van der Waals surface area contributed by atoms with Gasteiger partial charge in [0.15, 0.2) is 11.4 Å². The molecule has 0 radical (unpaired) electrons. The molecule has 8 nitrogen and oxygen atoms in total. The van der Waals surface area contributed by atoms with Crippen molar-refractivity contribution in [2.45, 2.75) is 13.8 Å². The first-order chi connectivity index (χ1) is 16.6. The third-order valence-electron chi connectivity index (χ3n) is 5.14. The summed E-state index contributed by atoms with van der Waals surface area (Å²) in [7, 11) is 0. The van der Waals surface area contributed by atoms with Crippen molar-refractivity contribution in [1.82, 2.24) is 0 Å². The van der Waals surface area contributed by atoms with Gasteiger partial charge in [-0.05, 0) is 49.2 Å². The second-order valence-electron chi connectivity index (χ2n) is 7.23. The van der Waals surface area contributed by atoms with Crippen LogP contribution in [0.15, 0.2) is 69.9 Å². The van der Waals surface area contributed by atoms with Crippen LogP contribution in [0, 0.1) is 22.7 Å². The van der Waals surface area contributed by atoms with Crippen molar-refractivity contribution in [3.8, 4) is 12.1 Å². The predicted molar refractivity (Wildman–Crippen MR) is 136 cm³/mol. The molecule has 2 aromatic rings. The fourth-order valence-corrected chi connectivity index (χ4v) is 3.29. The number of nitriles is 2. The summed E-state index contributed by atoms with van der Waals surface area (Å²) in [5, 5.41) is 37.3. The highest BCUT2D eigenvalue weighted by Crippen LogP contribution is 2.16. The predicted octanol–water partition coefficient (Wildman–Crippen LogP) is 3.12. The maximum atomic E-state index is 9.48. The van der Waals surface area contributed by atoms with Crippen LogP contribution in [-0.4, -0.2) is 62.0 Å². The molecule has 0 amide bonds. The Morgan fingerprint density at radius 2 is 1.09 bits per heavy atom. The Bertz CT molecular complexity index is 989. The molecule has 0 heterocycles. The number of hydrogen-bond donors (Lipinski definition) is 2. The molecule has 8 heteroatoms. The molecule has 0 spiro atoms. The molecule has 34 heavy (non-hydrogen) atoms. The number of aliphatic imine (C=N–C) groups is 2. The lowest BCUT2D eigenvalue weighted by molar-refractivity contribution is 0.302. The number of likely N-dealkylation sites (N-methyl/N-ethyl adjacent to an activating group) is 2. The normalized spacial score (nSPS) is 11.8. The fraction of sp³-hybridized carbons (Fsp3) is 0.308. The number of aliphatic hydroxyl groups excluding tert-OH is 2. The smallest absolute Gasteiger partial charge is 0.176 e. The highest BCUT2D eigenvalue weighted by atomic mass is 16.3. The van der Waals surface area contributed by atoms with Gasteiger partial charge in [-0.1, -0.05) is 24.3 Å². The molecule has 0 fully saturated rings. The Kier molecular flexibility index (Phi) is 11.0. The third-order valence-corrected chi connectivity index (χ3v) is 5.14. The molecule has 0 aromatic heterocycles. The van der Waals surface area contributed by atoms with Crippen molar-refractivity contribution in [3.05, 3.63) is 71.1 Å². The van der Waals surface area contributed by atoms with E-state index in [1.807, 2.05) is 84.3 Å². The molecule has 0 bridgehead atoms. The lowest BCUT2D eigenvalue weighted by atomic mass is 10.2. The summed E-state index contributed by atoms with van der Waals surface area (Å²) in [5.74, 6) is 0. The highest BCUT2D eigenvalue weighted by Gasteiger charge is 2.06. The van der Waals surface area contributed by atoms with Crippen LogP contribution < -0.4 is 9.80 Å². The van der Waals surface area contributed by atoms with Gasteiger partial charge < -0.3 is 20.0 Å². The second kappa shape index (κ2) is 14.2. The number of allylic oxidation sites excluding steroid dienone is 2. The highest BCUT2D eigenvalue weighted by molar-refractivity contribution is 5.83. The average Bonchev–Trinajstić information content (AvgIpc) is 2.88. The maximum Gasteiger partial charge on any atom is 0.176 e. The van der Waals surface area contributed by atoms with Gasteiger partial charge in [0, 0.05) is 50.0 Å². The molecule has 2 aromatic carbocycles. The Balaban J connectivity index is 2.17. The van der Waals surface area contributed by atoms with Gasteiger partial charge in [0.1, 0.15) is 12.1 Å². The molecule has 0 aliphatic carbocycles. The molecule has 0 aliphatic heterocycles. The van der Waals surface area contributed by atoms with Gasteiger partial charge in [-0.2, -0.15) is 10.5 Å². The van der Waals surface area contributed by atoms with E-state index in [-0.39, 0.29) is 24.6 Å². The first-order valence-corrected chi connectivity index (χ1v) is 11.1.